The first-order valence-corrected chi connectivity index (χ1v) is 7.59. The molecular weight excluding hydrogens is 336 g/mol. The van der Waals surface area contributed by atoms with Crippen LogP contribution in [0.1, 0.15) is 12.6 Å². The summed E-state index contributed by atoms with van der Waals surface area (Å²) in [5, 5.41) is 8.38. The third-order valence-electron chi connectivity index (χ3n) is 2.87. The van der Waals surface area contributed by atoms with Gasteiger partial charge in [0.2, 0.25) is 0 Å². The Hall–Kier alpha value is -1.40. The van der Waals surface area contributed by atoms with Crippen molar-refractivity contribution >= 4 is 38.9 Å². The first-order valence-electron chi connectivity index (χ1n) is 6.39. The van der Waals surface area contributed by atoms with Gasteiger partial charge in [0.15, 0.2) is 5.11 Å². The molecule has 0 bridgehead atoms. The van der Waals surface area contributed by atoms with Crippen LogP contribution in [0.5, 0.6) is 0 Å². The molecule has 0 saturated carbocycles. The second kappa shape index (κ2) is 6.85. The number of anilines is 1. The minimum atomic E-state index is 0.659. The minimum absolute atomic E-state index is 0.659. The number of para-hydroxylation sites is 1. The van der Waals surface area contributed by atoms with Gasteiger partial charge in [-0.3, -0.25) is 4.68 Å². The van der Waals surface area contributed by atoms with E-state index in [0.717, 1.165) is 22.4 Å². The van der Waals surface area contributed by atoms with E-state index in [1.165, 1.54) is 0 Å². The van der Waals surface area contributed by atoms with Gasteiger partial charge in [-0.2, -0.15) is 5.10 Å². The summed E-state index contributed by atoms with van der Waals surface area (Å²) in [5.41, 5.74) is 1.97. The number of nitrogens with zero attached hydrogens (tertiary/aromatic N) is 3. The van der Waals surface area contributed by atoms with E-state index in [1.807, 2.05) is 53.2 Å². The topological polar surface area (TPSA) is 33.1 Å². The second-order valence-corrected chi connectivity index (χ2v) is 5.67. The van der Waals surface area contributed by atoms with Gasteiger partial charge in [0.25, 0.3) is 0 Å². The highest BCUT2D eigenvalue weighted by Gasteiger charge is 2.11. The lowest BCUT2D eigenvalue weighted by Gasteiger charge is -2.20. The zero-order chi connectivity index (χ0) is 14.5. The Morgan fingerprint density at radius 2 is 2.10 bits per heavy atom. The molecule has 2 aromatic rings. The SMILES string of the molecule is CCn1cc(Br)c(CN(C)C(=S)Nc2ccccc2)n1. The normalized spacial score (nSPS) is 10.3. The van der Waals surface area contributed by atoms with Crippen molar-refractivity contribution in [3.8, 4) is 0 Å². The first-order chi connectivity index (χ1) is 9.60. The number of aryl methyl sites for hydroxylation is 1. The Kier molecular flexibility index (Phi) is 5.14. The lowest BCUT2D eigenvalue weighted by Crippen LogP contribution is -2.30. The lowest BCUT2D eigenvalue weighted by molar-refractivity contribution is 0.491. The highest BCUT2D eigenvalue weighted by atomic mass is 79.9. The molecule has 4 nitrogen and oxygen atoms in total. The minimum Gasteiger partial charge on any atom is -0.346 e. The number of rotatable bonds is 4. The molecule has 0 unspecified atom stereocenters. The van der Waals surface area contributed by atoms with Crippen LogP contribution in [0.4, 0.5) is 5.69 Å². The maximum absolute atomic E-state index is 5.40. The molecule has 0 saturated heterocycles. The Balaban J connectivity index is 1.98. The predicted molar refractivity (Wildman–Crippen MR) is 89.7 cm³/mol. The quantitative estimate of drug-likeness (QED) is 0.853. The standard InChI is InChI=1S/C14H17BrN4S/c1-3-19-9-12(15)13(17-19)10-18(2)14(20)16-11-7-5-4-6-8-11/h4-9H,3,10H2,1-2H3,(H,16,20). The van der Waals surface area contributed by atoms with Crippen molar-refractivity contribution in [3.05, 3.63) is 46.7 Å². The van der Waals surface area contributed by atoms with Gasteiger partial charge in [-0.25, -0.2) is 0 Å². The van der Waals surface area contributed by atoms with E-state index in [2.05, 4.69) is 33.3 Å². The lowest BCUT2D eigenvalue weighted by atomic mass is 10.3. The molecule has 0 aliphatic heterocycles. The number of nitrogens with one attached hydrogen (secondary N) is 1. The van der Waals surface area contributed by atoms with E-state index in [4.69, 9.17) is 12.2 Å². The van der Waals surface area contributed by atoms with E-state index >= 15 is 0 Å². The number of thiocarbonyl (C=S) groups is 1. The molecule has 0 spiro atoms. The van der Waals surface area contributed by atoms with Gasteiger partial charge in [0, 0.05) is 25.5 Å². The van der Waals surface area contributed by atoms with E-state index in [-0.39, 0.29) is 0 Å². The molecular formula is C14H17BrN4S. The van der Waals surface area contributed by atoms with Crippen molar-refractivity contribution in [3.63, 3.8) is 0 Å². The Labute approximate surface area is 132 Å². The van der Waals surface area contributed by atoms with Crippen molar-refractivity contribution in [2.45, 2.75) is 20.0 Å². The van der Waals surface area contributed by atoms with E-state index in [1.54, 1.807) is 0 Å². The molecule has 2 rings (SSSR count). The van der Waals surface area contributed by atoms with Crippen molar-refractivity contribution in [1.29, 1.82) is 0 Å². The molecule has 0 fully saturated rings. The molecule has 1 aromatic carbocycles. The molecule has 1 N–H and O–H groups in total. The van der Waals surface area contributed by atoms with Crippen LogP contribution in [-0.2, 0) is 13.1 Å². The summed E-state index contributed by atoms with van der Waals surface area (Å²) >= 11 is 8.93. The molecule has 106 valence electrons. The highest BCUT2D eigenvalue weighted by Crippen LogP contribution is 2.17. The summed E-state index contributed by atoms with van der Waals surface area (Å²) in [6.07, 6.45) is 1.98. The van der Waals surface area contributed by atoms with Gasteiger partial charge in [-0.15, -0.1) is 0 Å². The number of hydrogen-bond donors (Lipinski definition) is 1. The van der Waals surface area contributed by atoms with Crippen LogP contribution in [-0.4, -0.2) is 26.8 Å². The summed E-state index contributed by atoms with van der Waals surface area (Å²) < 4.78 is 2.91. The summed E-state index contributed by atoms with van der Waals surface area (Å²) in [4.78, 5) is 1.97. The fourth-order valence-electron chi connectivity index (χ4n) is 1.74. The number of hydrogen-bond acceptors (Lipinski definition) is 2. The fourth-order valence-corrected chi connectivity index (χ4v) is 2.37. The monoisotopic (exact) mass is 352 g/mol. The molecule has 0 atom stereocenters. The Morgan fingerprint density at radius 3 is 2.70 bits per heavy atom. The Bertz CT molecular complexity index is 582. The molecule has 0 amide bonds. The first kappa shape index (κ1) is 15.0. The number of benzene rings is 1. The molecule has 0 aliphatic carbocycles. The van der Waals surface area contributed by atoms with Crippen LogP contribution < -0.4 is 5.32 Å². The number of aromatic nitrogens is 2. The van der Waals surface area contributed by atoms with Gasteiger partial charge >= 0.3 is 0 Å². The van der Waals surface area contributed by atoms with Crippen LogP contribution in [0.25, 0.3) is 0 Å². The van der Waals surface area contributed by atoms with E-state index in [9.17, 15) is 0 Å². The Morgan fingerprint density at radius 1 is 1.40 bits per heavy atom. The summed E-state index contributed by atoms with van der Waals surface area (Å²) in [7, 11) is 1.95. The van der Waals surface area contributed by atoms with E-state index < -0.39 is 0 Å². The largest absolute Gasteiger partial charge is 0.346 e. The maximum atomic E-state index is 5.40. The molecule has 20 heavy (non-hydrogen) atoms. The predicted octanol–water partition coefficient (Wildman–Crippen LogP) is 3.49. The van der Waals surface area contributed by atoms with Gasteiger partial charge < -0.3 is 10.2 Å². The third-order valence-corrected chi connectivity index (χ3v) is 3.95. The molecule has 6 heteroatoms. The third kappa shape index (κ3) is 3.80. The van der Waals surface area contributed by atoms with Gasteiger partial charge in [-0.1, -0.05) is 18.2 Å². The van der Waals surface area contributed by atoms with Gasteiger partial charge in [0.05, 0.1) is 16.7 Å². The maximum Gasteiger partial charge on any atom is 0.173 e. The highest BCUT2D eigenvalue weighted by molar-refractivity contribution is 9.10. The van der Waals surface area contributed by atoms with Crippen LogP contribution in [0.2, 0.25) is 0 Å². The van der Waals surface area contributed by atoms with Crippen molar-refractivity contribution in [2.24, 2.45) is 0 Å². The van der Waals surface area contributed by atoms with Gasteiger partial charge in [-0.05, 0) is 47.2 Å². The van der Waals surface area contributed by atoms with Crippen molar-refractivity contribution in [1.82, 2.24) is 14.7 Å². The summed E-state index contributed by atoms with van der Waals surface area (Å²) in [6.45, 7) is 3.58. The fraction of sp³-hybridized carbons (Fsp3) is 0.286. The number of halogens is 1. The van der Waals surface area contributed by atoms with Gasteiger partial charge in [0.1, 0.15) is 0 Å². The molecule has 0 aliphatic rings. The van der Waals surface area contributed by atoms with Crippen LogP contribution in [0.3, 0.4) is 0 Å². The molecule has 1 aromatic heterocycles. The molecule has 0 radical (unpaired) electrons. The smallest absolute Gasteiger partial charge is 0.173 e. The van der Waals surface area contributed by atoms with E-state index in [0.29, 0.717) is 11.7 Å². The zero-order valence-corrected chi connectivity index (χ0v) is 13.9. The molecule has 1 heterocycles. The summed E-state index contributed by atoms with van der Waals surface area (Å²) in [6, 6.07) is 9.91. The summed E-state index contributed by atoms with van der Waals surface area (Å²) in [5.74, 6) is 0. The van der Waals surface area contributed by atoms with Crippen LogP contribution in [0, 0.1) is 0 Å². The van der Waals surface area contributed by atoms with Crippen molar-refractivity contribution in [2.75, 3.05) is 12.4 Å². The average Bonchev–Trinajstić information content (AvgIpc) is 2.80. The second-order valence-electron chi connectivity index (χ2n) is 4.43. The van der Waals surface area contributed by atoms with Crippen LogP contribution >= 0.6 is 28.1 Å². The zero-order valence-electron chi connectivity index (χ0n) is 11.5. The van der Waals surface area contributed by atoms with Crippen LogP contribution in [0.15, 0.2) is 41.0 Å². The average molecular weight is 353 g/mol. The van der Waals surface area contributed by atoms with Crippen molar-refractivity contribution < 1.29 is 0 Å².